The molecule has 19 heavy (non-hydrogen) atoms. The molecule has 0 fully saturated rings. The number of ketones is 1. The Bertz CT molecular complexity index is 425. The molecule has 0 amide bonds. The summed E-state index contributed by atoms with van der Waals surface area (Å²) < 4.78 is 0. The van der Waals surface area contributed by atoms with Gasteiger partial charge in [0.25, 0.3) is 0 Å². The fraction of sp³-hybridized carbons (Fsp3) is 0.611. The highest BCUT2D eigenvalue weighted by Crippen LogP contribution is 2.40. The van der Waals surface area contributed by atoms with Crippen molar-refractivity contribution in [1.29, 1.82) is 0 Å². The van der Waals surface area contributed by atoms with Crippen molar-refractivity contribution < 1.29 is 4.79 Å². The maximum atomic E-state index is 11.9. The number of hydrogen-bond donors (Lipinski definition) is 0. The van der Waals surface area contributed by atoms with Gasteiger partial charge < -0.3 is 0 Å². The molecular formula is C18H28O. The van der Waals surface area contributed by atoms with Crippen LogP contribution in [0.5, 0.6) is 0 Å². The van der Waals surface area contributed by atoms with Gasteiger partial charge in [-0.1, -0.05) is 52.3 Å². The molecule has 106 valence electrons. The lowest BCUT2D eigenvalue weighted by Crippen LogP contribution is -2.19. The molecule has 0 aliphatic heterocycles. The Morgan fingerprint density at radius 2 is 1.84 bits per heavy atom. The third-order valence-corrected chi connectivity index (χ3v) is 3.70. The van der Waals surface area contributed by atoms with Gasteiger partial charge in [-0.15, -0.1) is 0 Å². The van der Waals surface area contributed by atoms with E-state index in [1.807, 2.05) is 12.2 Å². The van der Waals surface area contributed by atoms with E-state index in [0.717, 1.165) is 6.42 Å². The first-order valence-electron chi connectivity index (χ1n) is 7.23. The van der Waals surface area contributed by atoms with Crippen LogP contribution in [-0.4, -0.2) is 5.78 Å². The van der Waals surface area contributed by atoms with Crippen LogP contribution in [0.25, 0.3) is 0 Å². The van der Waals surface area contributed by atoms with Gasteiger partial charge in [-0.05, 0) is 54.7 Å². The van der Waals surface area contributed by atoms with Crippen molar-refractivity contribution >= 4 is 5.78 Å². The first kappa shape index (κ1) is 15.9. The molecule has 0 unspecified atom stereocenters. The average Bonchev–Trinajstić information content (AvgIpc) is 2.23. The van der Waals surface area contributed by atoms with E-state index in [9.17, 15) is 4.79 Å². The molecule has 1 rings (SSSR count). The summed E-state index contributed by atoms with van der Waals surface area (Å²) in [5.74, 6) is 0.0802. The molecule has 0 bridgehead atoms. The largest absolute Gasteiger partial charge is 0.290 e. The summed E-state index contributed by atoms with van der Waals surface area (Å²) in [7, 11) is 0. The third-order valence-electron chi connectivity index (χ3n) is 3.70. The van der Waals surface area contributed by atoms with Gasteiger partial charge in [-0.3, -0.25) is 4.79 Å². The zero-order valence-corrected chi connectivity index (χ0v) is 13.3. The van der Waals surface area contributed by atoms with Gasteiger partial charge in [-0.25, -0.2) is 0 Å². The van der Waals surface area contributed by atoms with Crippen molar-refractivity contribution in [2.45, 2.75) is 60.8 Å². The van der Waals surface area contributed by atoms with E-state index in [4.69, 9.17) is 0 Å². The van der Waals surface area contributed by atoms with E-state index >= 15 is 0 Å². The monoisotopic (exact) mass is 260 g/mol. The average molecular weight is 260 g/mol. The second kappa shape index (κ2) is 5.90. The predicted molar refractivity (Wildman–Crippen MR) is 83.1 cm³/mol. The Morgan fingerprint density at radius 1 is 1.21 bits per heavy atom. The quantitative estimate of drug-likeness (QED) is 0.634. The van der Waals surface area contributed by atoms with Gasteiger partial charge in [0, 0.05) is 0 Å². The standard InChI is InChI=1S/C18H28O/c1-14-8-7-12-18(5,6)16(14)10-9-15(19)11-13-17(2,3)4/h9-11,13H,7-8,12H2,1-6H3/b10-9+,13-11+. The van der Waals surface area contributed by atoms with Crippen molar-refractivity contribution in [3.8, 4) is 0 Å². The van der Waals surface area contributed by atoms with Crippen LogP contribution in [0.2, 0.25) is 0 Å². The molecule has 0 atom stereocenters. The highest BCUT2D eigenvalue weighted by Gasteiger charge is 2.26. The van der Waals surface area contributed by atoms with Gasteiger partial charge in [0.2, 0.25) is 0 Å². The molecule has 1 nitrogen and oxygen atoms in total. The zero-order chi connectivity index (χ0) is 14.7. The minimum atomic E-state index is 0.0583. The number of carbonyl (C=O) groups excluding carboxylic acids is 1. The lowest BCUT2D eigenvalue weighted by molar-refractivity contribution is -0.110. The smallest absolute Gasteiger partial charge is 0.178 e. The van der Waals surface area contributed by atoms with Crippen LogP contribution in [0.3, 0.4) is 0 Å². The Morgan fingerprint density at radius 3 is 2.37 bits per heavy atom. The first-order chi connectivity index (χ1) is 8.62. The maximum absolute atomic E-state index is 11.9. The van der Waals surface area contributed by atoms with Gasteiger partial charge in [0.15, 0.2) is 5.78 Å². The molecular weight excluding hydrogens is 232 g/mol. The number of rotatable bonds is 3. The van der Waals surface area contributed by atoms with Crippen LogP contribution < -0.4 is 0 Å². The van der Waals surface area contributed by atoms with Crippen LogP contribution in [0.4, 0.5) is 0 Å². The predicted octanol–water partition coefficient (Wildman–Crippen LogP) is 5.24. The second-order valence-electron chi connectivity index (χ2n) is 7.37. The van der Waals surface area contributed by atoms with Crippen LogP contribution in [-0.2, 0) is 4.79 Å². The van der Waals surface area contributed by atoms with Crippen molar-refractivity contribution in [2.24, 2.45) is 10.8 Å². The van der Waals surface area contributed by atoms with Gasteiger partial charge in [0.05, 0.1) is 0 Å². The van der Waals surface area contributed by atoms with Crippen LogP contribution in [0, 0.1) is 10.8 Å². The molecule has 0 aromatic carbocycles. The number of allylic oxidation sites excluding steroid dienone is 6. The summed E-state index contributed by atoms with van der Waals surface area (Å²) in [4.78, 5) is 11.9. The maximum Gasteiger partial charge on any atom is 0.178 e. The topological polar surface area (TPSA) is 17.1 Å². The lowest BCUT2D eigenvalue weighted by atomic mass is 9.72. The lowest BCUT2D eigenvalue weighted by Gasteiger charge is -2.32. The molecule has 0 saturated heterocycles. The summed E-state index contributed by atoms with van der Waals surface area (Å²) in [6.45, 7) is 13.0. The van der Waals surface area contributed by atoms with E-state index < -0.39 is 0 Å². The fourth-order valence-electron chi connectivity index (χ4n) is 2.56. The molecule has 0 aromatic heterocycles. The molecule has 0 aromatic rings. The Hall–Kier alpha value is -1.11. The zero-order valence-electron chi connectivity index (χ0n) is 13.3. The summed E-state index contributed by atoms with van der Waals surface area (Å²) in [6.07, 6.45) is 11.0. The van der Waals surface area contributed by atoms with Crippen LogP contribution >= 0.6 is 0 Å². The molecule has 0 N–H and O–H groups in total. The van der Waals surface area contributed by atoms with Crippen molar-refractivity contribution in [2.75, 3.05) is 0 Å². The summed E-state index contributed by atoms with van der Waals surface area (Å²) in [6, 6.07) is 0. The highest BCUT2D eigenvalue weighted by atomic mass is 16.1. The van der Waals surface area contributed by atoms with Crippen molar-refractivity contribution in [1.82, 2.24) is 0 Å². The van der Waals surface area contributed by atoms with E-state index in [0.29, 0.717) is 0 Å². The molecule has 1 aliphatic rings. The van der Waals surface area contributed by atoms with E-state index in [1.165, 1.54) is 24.0 Å². The van der Waals surface area contributed by atoms with Crippen LogP contribution in [0.1, 0.15) is 60.8 Å². The Balaban J connectivity index is 2.81. The third kappa shape index (κ3) is 5.18. The Labute approximate surface area is 118 Å². The molecule has 0 heterocycles. The van der Waals surface area contributed by atoms with Crippen molar-refractivity contribution in [3.63, 3.8) is 0 Å². The minimum Gasteiger partial charge on any atom is -0.290 e. The van der Waals surface area contributed by atoms with Gasteiger partial charge in [0.1, 0.15) is 0 Å². The number of hydrogen-bond acceptors (Lipinski definition) is 1. The summed E-state index contributed by atoms with van der Waals surface area (Å²) >= 11 is 0. The highest BCUT2D eigenvalue weighted by molar-refractivity contribution is 5.99. The van der Waals surface area contributed by atoms with E-state index in [1.54, 1.807) is 12.2 Å². The van der Waals surface area contributed by atoms with Crippen LogP contribution in [0.15, 0.2) is 35.5 Å². The Kier molecular flexibility index (Phi) is 4.95. The van der Waals surface area contributed by atoms with Gasteiger partial charge >= 0.3 is 0 Å². The first-order valence-corrected chi connectivity index (χ1v) is 7.23. The SMILES string of the molecule is CC1=C(/C=C/C(=O)/C=C/C(C)(C)C)C(C)(C)CCC1. The molecule has 1 heteroatoms. The normalized spacial score (nSPS) is 20.5. The number of carbonyl (C=O) groups is 1. The molecule has 1 aliphatic carbocycles. The molecule has 0 saturated carbocycles. The van der Waals surface area contributed by atoms with Gasteiger partial charge in [-0.2, -0.15) is 0 Å². The minimum absolute atomic E-state index is 0.0583. The van der Waals surface area contributed by atoms with E-state index in [2.05, 4.69) is 41.5 Å². The summed E-state index contributed by atoms with van der Waals surface area (Å²) in [5.41, 5.74) is 3.03. The van der Waals surface area contributed by atoms with E-state index in [-0.39, 0.29) is 16.6 Å². The fourth-order valence-corrected chi connectivity index (χ4v) is 2.56. The molecule has 0 spiro atoms. The van der Waals surface area contributed by atoms with Crippen molar-refractivity contribution in [3.05, 3.63) is 35.5 Å². The molecule has 0 radical (unpaired) electrons. The second-order valence-corrected chi connectivity index (χ2v) is 7.37. The summed E-state index contributed by atoms with van der Waals surface area (Å²) in [5, 5.41) is 0.